The van der Waals surface area contributed by atoms with E-state index in [9.17, 15) is 26.8 Å². The summed E-state index contributed by atoms with van der Waals surface area (Å²) in [6.45, 7) is 0.998. The molecule has 1 atom stereocenters. The van der Waals surface area contributed by atoms with E-state index in [1.807, 2.05) is 24.3 Å². The molecule has 0 radical (unpaired) electrons. The number of halogens is 2. The third-order valence-corrected chi connectivity index (χ3v) is 8.16. The summed E-state index contributed by atoms with van der Waals surface area (Å²) < 4.78 is 55.3. The molecule has 1 saturated heterocycles. The molecule has 0 aliphatic carbocycles. The maximum atomic E-state index is 13.0. The molecule has 0 spiro atoms. The number of rotatable bonds is 10. The average Bonchev–Trinajstić information content (AvgIpc) is 3.59. The number of anilines is 2. The van der Waals surface area contributed by atoms with E-state index in [1.54, 1.807) is 5.38 Å². The van der Waals surface area contributed by atoms with Crippen molar-refractivity contribution in [3.8, 4) is 11.3 Å². The first kappa shape index (κ1) is 28.6. The molecule has 2 N–H and O–H groups in total. The number of nitrogens with one attached hydrogen (secondary N) is 2. The standard InChI is InChI=1S/C25H29F2N5O5S2/c1-37-14-20(28-23(33)18-8-11-32(13-18)39(2,35)36)24(34)30-25-29-21(15-38-25)17-4-3-5-19(12-17)31-9-6-16(7-10-31)22(26)27/h3-5,8,11-13,15-16,20,22H,6-7,9-10,14H2,1-2H3,(H,28,33)(H,29,30,34)/t20-/m0/s1. The number of aromatic nitrogens is 2. The van der Waals surface area contributed by atoms with Gasteiger partial charge in [-0.15, -0.1) is 11.3 Å². The van der Waals surface area contributed by atoms with Crippen LogP contribution in [0.1, 0.15) is 23.2 Å². The molecule has 1 fully saturated rings. The second kappa shape index (κ2) is 12.2. The van der Waals surface area contributed by atoms with E-state index < -0.39 is 40.2 Å². The first-order chi connectivity index (χ1) is 18.5. The van der Waals surface area contributed by atoms with Crippen LogP contribution >= 0.6 is 11.3 Å². The zero-order valence-electron chi connectivity index (χ0n) is 21.3. The van der Waals surface area contributed by atoms with Crippen molar-refractivity contribution in [2.45, 2.75) is 25.3 Å². The Bertz CT molecular complexity index is 1420. The highest BCUT2D eigenvalue weighted by atomic mass is 32.2. The van der Waals surface area contributed by atoms with Crippen molar-refractivity contribution < 1.29 is 31.5 Å². The lowest BCUT2D eigenvalue weighted by Crippen LogP contribution is -2.46. The number of piperidine rings is 1. The summed E-state index contributed by atoms with van der Waals surface area (Å²) in [6, 6.07) is 7.91. The lowest BCUT2D eigenvalue weighted by molar-refractivity contribution is -0.119. The first-order valence-corrected chi connectivity index (χ1v) is 14.9. The van der Waals surface area contributed by atoms with Gasteiger partial charge in [-0.05, 0) is 31.0 Å². The molecule has 1 aromatic carbocycles. The number of amides is 2. The average molecular weight is 582 g/mol. The summed E-state index contributed by atoms with van der Waals surface area (Å²) in [5.41, 5.74) is 2.45. The fraction of sp³-hybridized carbons (Fsp3) is 0.400. The van der Waals surface area contributed by atoms with Crippen LogP contribution in [0, 0.1) is 5.92 Å². The Labute approximate surface area is 229 Å². The van der Waals surface area contributed by atoms with E-state index >= 15 is 0 Å². The van der Waals surface area contributed by atoms with Crippen LogP contribution in [-0.2, 0) is 19.6 Å². The van der Waals surface area contributed by atoms with Gasteiger partial charge in [0.1, 0.15) is 6.04 Å². The number of ether oxygens (including phenoxy) is 1. The number of hydrogen-bond donors (Lipinski definition) is 2. The van der Waals surface area contributed by atoms with Crippen molar-refractivity contribution in [1.82, 2.24) is 14.3 Å². The van der Waals surface area contributed by atoms with E-state index in [1.165, 1.54) is 30.7 Å². The Kier molecular flexibility index (Phi) is 8.97. The predicted octanol–water partition coefficient (Wildman–Crippen LogP) is 3.28. The fourth-order valence-electron chi connectivity index (χ4n) is 4.24. The zero-order chi connectivity index (χ0) is 28.2. The van der Waals surface area contributed by atoms with Gasteiger partial charge < -0.3 is 20.3 Å². The van der Waals surface area contributed by atoms with Crippen LogP contribution in [0.5, 0.6) is 0 Å². The van der Waals surface area contributed by atoms with Crippen molar-refractivity contribution in [2.75, 3.05) is 43.3 Å². The van der Waals surface area contributed by atoms with Gasteiger partial charge in [-0.2, -0.15) is 0 Å². The van der Waals surface area contributed by atoms with Crippen LogP contribution in [-0.4, -0.2) is 74.7 Å². The van der Waals surface area contributed by atoms with Gasteiger partial charge in [-0.3, -0.25) is 13.6 Å². The molecule has 1 aliphatic heterocycles. The summed E-state index contributed by atoms with van der Waals surface area (Å²) in [4.78, 5) is 32.1. The van der Waals surface area contributed by atoms with Crippen LogP contribution in [0.4, 0.5) is 19.6 Å². The minimum absolute atomic E-state index is 0.0733. The van der Waals surface area contributed by atoms with Crippen LogP contribution in [0.15, 0.2) is 48.1 Å². The van der Waals surface area contributed by atoms with Gasteiger partial charge in [-0.25, -0.2) is 22.2 Å². The molecule has 4 rings (SSSR count). The predicted molar refractivity (Wildman–Crippen MR) is 145 cm³/mol. The third kappa shape index (κ3) is 7.19. The van der Waals surface area contributed by atoms with Gasteiger partial charge in [-0.1, -0.05) is 12.1 Å². The minimum atomic E-state index is -3.55. The molecule has 3 aromatic rings. The number of nitrogens with zero attached hydrogens (tertiary/aromatic N) is 3. The SMILES string of the molecule is COC[C@H](NC(=O)c1ccn(S(C)(=O)=O)c1)C(=O)Nc1nc(-c2cccc(N3CCC(C(F)F)CC3)c2)cs1. The van der Waals surface area contributed by atoms with Gasteiger partial charge >= 0.3 is 0 Å². The van der Waals surface area contributed by atoms with Gasteiger partial charge in [0, 0.05) is 55.1 Å². The van der Waals surface area contributed by atoms with Crippen molar-refractivity contribution >= 4 is 44.0 Å². The Balaban J connectivity index is 1.40. The second-order valence-electron chi connectivity index (χ2n) is 9.21. The fourth-order valence-corrected chi connectivity index (χ4v) is 5.55. The van der Waals surface area contributed by atoms with E-state index in [0.717, 1.165) is 27.7 Å². The Morgan fingerprint density at radius 3 is 2.62 bits per heavy atom. The number of carbonyl (C=O) groups excluding carboxylic acids is 2. The second-order valence-corrected chi connectivity index (χ2v) is 12.0. The Morgan fingerprint density at radius 2 is 1.97 bits per heavy atom. The quantitative estimate of drug-likeness (QED) is 0.377. The van der Waals surface area contributed by atoms with E-state index in [-0.39, 0.29) is 12.2 Å². The highest BCUT2D eigenvalue weighted by Crippen LogP contribution is 2.31. The van der Waals surface area contributed by atoms with Crippen molar-refractivity contribution in [3.05, 3.63) is 53.7 Å². The van der Waals surface area contributed by atoms with Crippen LogP contribution in [0.2, 0.25) is 0 Å². The molecule has 3 heterocycles. The molecular formula is C25H29F2N5O5S2. The smallest absolute Gasteiger partial charge is 0.253 e. The molecule has 0 bridgehead atoms. The Hall–Kier alpha value is -3.36. The van der Waals surface area contributed by atoms with Gasteiger partial charge in [0.05, 0.1) is 24.1 Å². The normalized spacial score (nSPS) is 15.4. The molecule has 39 heavy (non-hydrogen) atoms. The van der Waals surface area contributed by atoms with Crippen molar-refractivity contribution in [3.63, 3.8) is 0 Å². The molecule has 0 unspecified atom stereocenters. The summed E-state index contributed by atoms with van der Waals surface area (Å²) >= 11 is 1.21. The highest BCUT2D eigenvalue weighted by Gasteiger charge is 2.27. The van der Waals surface area contributed by atoms with Crippen molar-refractivity contribution in [2.24, 2.45) is 5.92 Å². The van der Waals surface area contributed by atoms with E-state index in [0.29, 0.717) is 36.8 Å². The molecule has 210 valence electrons. The topological polar surface area (TPSA) is 123 Å². The zero-order valence-corrected chi connectivity index (χ0v) is 23.0. The number of methoxy groups -OCH3 is 1. The Morgan fingerprint density at radius 1 is 1.23 bits per heavy atom. The summed E-state index contributed by atoms with van der Waals surface area (Å²) in [6.07, 6.45) is 2.00. The van der Waals surface area contributed by atoms with Gasteiger partial charge in [0.15, 0.2) is 5.13 Å². The summed E-state index contributed by atoms with van der Waals surface area (Å²) in [5, 5.41) is 7.34. The minimum Gasteiger partial charge on any atom is -0.382 e. The molecule has 14 heteroatoms. The summed E-state index contributed by atoms with van der Waals surface area (Å²) in [5.74, 6) is -1.75. The maximum absolute atomic E-state index is 13.0. The van der Waals surface area contributed by atoms with Crippen LogP contribution in [0.25, 0.3) is 11.3 Å². The number of carbonyl (C=O) groups is 2. The number of thiazole rings is 1. The van der Waals surface area contributed by atoms with Crippen molar-refractivity contribution in [1.29, 1.82) is 0 Å². The molecule has 10 nitrogen and oxygen atoms in total. The van der Waals surface area contributed by atoms with Gasteiger partial charge in [0.2, 0.25) is 16.4 Å². The molecule has 2 aromatic heterocycles. The maximum Gasteiger partial charge on any atom is 0.253 e. The first-order valence-electron chi connectivity index (χ1n) is 12.1. The number of benzene rings is 1. The lowest BCUT2D eigenvalue weighted by Gasteiger charge is -2.33. The molecule has 1 aliphatic rings. The number of hydrogen-bond acceptors (Lipinski definition) is 8. The monoisotopic (exact) mass is 581 g/mol. The van der Waals surface area contributed by atoms with E-state index in [2.05, 4.69) is 20.5 Å². The lowest BCUT2D eigenvalue weighted by atomic mass is 9.97. The van der Waals surface area contributed by atoms with Crippen LogP contribution < -0.4 is 15.5 Å². The highest BCUT2D eigenvalue weighted by molar-refractivity contribution is 7.89. The molecular weight excluding hydrogens is 552 g/mol. The molecule has 0 saturated carbocycles. The van der Waals surface area contributed by atoms with Gasteiger partial charge in [0.25, 0.3) is 11.8 Å². The number of alkyl halides is 2. The van der Waals surface area contributed by atoms with E-state index in [4.69, 9.17) is 4.74 Å². The van der Waals surface area contributed by atoms with Crippen LogP contribution in [0.3, 0.4) is 0 Å². The largest absolute Gasteiger partial charge is 0.382 e. The molecule has 2 amide bonds. The summed E-state index contributed by atoms with van der Waals surface area (Å²) in [7, 11) is -2.16. The third-order valence-electron chi connectivity index (χ3n) is 6.40.